The summed E-state index contributed by atoms with van der Waals surface area (Å²) in [5.74, 6) is -5.77. The molecular weight excluding hydrogens is 323 g/mol. The second-order valence-corrected chi connectivity index (χ2v) is 5.43. The van der Waals surface area contributed by atoms with E-state index in [0.717, 1.165) is 0 Å². The Morgan fingerprint density at radius 1 is 1.13 bits per heavy atom. The summed E-state index contributed by atoms with van der Waals surface area (Å²) in [4.78, 5) is 11.8. The van der Waals surface area contributed by atoms with Crippen molar-refractivity contribution < 1.29 is 31.9 Å². The molecule has 1 saturated carbocycles. The van der Waals surface area contributed by atoms with Gasteiger partial charge >= 0.3 is 12.1 Å². The molecular formula is C14H15F5N2O2. The molecule has 23 heavy (non-hydrogen) atoms. The smallest absolute Gasteiger partial charge is 0.383 e. The van der Waals surface area contributed by atoms with Crippen molar-refractivity contribution in [3.05, 3.63) is 24.3 Å². The Morgan fingerprint density at radius 3 is 2.17 bits per heavy atom. The first kappa shape index (κ1) is 17.5. The van der Waals surface area contributed by atoms with Crippen LogP contribution in [0.25, 0.3) is 0 Å². The summed E-state index contributed by atoms with van der Waals surface area (Å²) in [7, 11) is 0. The molecule has 3 N–H and O–H groups in total. The summed E-state index contributed by atoms with van der Waals surface area (Å²) in [6, 6.07) is 5.19. The molecule has 0 bridgehead atoms. The molecule has 9 heteroatoms. The quantitative estimate of drug-likeness (QED) is 0.723. The standard InChI is InChI=1S/C14H15F5N2O2/c15-13(16,17)8-20-9-4-1-2-5-10(9)21-11(22)14(18,19)12(23)6-3-7-12/h1-2,4-5,20,23H,3,6-8H2,(H,21,22). The van der Waals surface area contributed by atoms with E-state index in [9.17, 15) is 31.9 Å². The maximum atomic E-state index is 14.0. The van der Waals surface area contributed by atoms with Crippen molar-refractivity contribution in [1.29, 1.82) is 0 Å². The molecule has 2 rings (SSSR count). The maximum absolute atomic E-state index is 14.0. The number of nitrogens with one attached hydrogen (secondary N) is 2. The number of benzene rings is 1. The van der Waals surface area contributed by atoms with Gasteiger partial charge in [0.15, 0.2) is 0 Å². The lowest BCUT2D eigenvalue weighted by Crippen LogP contribution is -2.59. The summed E-state index contributed by atoms with van der Waals surface area (Å²) in [6.45, 7) is -1.37. The average molecular weight is 338 g/mol. The van der Waals surface area contributed by atoms with Crippen molar-refractivity contribution in [1.82, 2.24) is 0 Å². The SMILES string of the molecule is O=C(Nc1ccccc1NCC(F)(F)F)C(F)(F)C1(O)CCC1. The number of anilines is 2. The van der Waals surface area contributed by atoms with Gasteiger partial charge in [0, 0.05) is 0 Å². The van der Waals surface area contributed by atoms with Crippen LogP contribution < -0.4 is 10.6 Å². The number of alkyl halides is 5. The molecule has 1 fully saturated rings. The van der Waals surface area contributed by atoms with Gasteiger partial charge in [-0.15, -0.1) is 0 Å². The number of para-hydroxylation sites is 2. The number of hydrogen-bond acceptors (Lipinski definition) is 3. The first-order chi connectivity index (χ1) is 10.6. The zero-order valence-electron chi connectivity index (χ0n) is 11.9. The number of halogens is 5. The van der Waals surface area contributed by atoms with E-state index in [-0.39, 0.29) is 24.2 Å². The third-order valence-corrected chi connectivity index (χ3v) is 3.70. The minimum Gasteiger partial charge on any atom is -0.383 e. The number of aliphatic hydroxyl groups is 1. The van der Waals surface area contributed by atoms with Gasteiger partial charge in [-0.3, -0.25) is 4.79 Å². The summed E-state index contributed by atoms with van der Waals surface area (Å²) < 4.78 is 64.6. The highest BCUT2D eigenvalue weighted by molar-refractivity contribution is 5.99. The lowest BCUT2D eigenvalue weighted by atomic mass is 9.75. The zero-order chi connectivity index (χ0) is 17.3. The van der Waals surface area contributed by atoms with Gasteiger partial charge in [0.25, 0.3) is 5.91 Å². The number of amides is 1. The number of carbonyl (C=O) groups is 1. The normalized spacial score (nSPS) is 17.3. The molecule has 1 aliphatic rings. The molecule has 1 aromatic carbocycles. The van der Waals surface area contributed by atoms with E-state index in [0.29, 0.717) is 6.42 Å². The largest absolute Gasteiger partial charge is 0.405 e. The van der Waals surface area contributed by atoms with Crippen molar-refractivity contribution in [2.24, 2.45) is 0 Å². The van der Waals surface area contributed by atoms with Crippen LogP contribution in [0, 0.1) is 0 Å². The van der Waals surface area contributed by atoms with Crippen molar-refractivity contribution in [3.8, 4) is 0 Å². The van der Waals surface area contributed by atoms with E-state index in [1.165, 1.54) is 24.3 Å². The second kappa shape index (κ2) is 5.95. The Morgan fingerprint density at radius 2 is 1.70 bits per heavy atom. The molecule has 0 unspecified atom stereocenters. The number of rotatable bonds is 5. The zero-order valence-corrected chi connectivity index (χ0v) is 11.9. The predicted octanol–water partition coefficient (Wildman–Crippen LogP) is 3.15. The molecule has 1 aromatic rings. The first-order valence-electron chi connectivity index (χ1n) is 6.86. The molecule has 0 aliphatic heterocycles. The van der Waals surface area contributed by atoms with Crippen LogP contribution in [0.3, 0.4) is 0 Å². The van der Waals surface area contributed by atoms with Crippen LogP contribution in [-0.4, -0.2) is 35.3 Å². The lowest BCUT2D eigenvalue weighted by molar-refractivity contribution is -0.212. The Balaban J connectivity index is 2.12. The highest BCUT2D eigenvalue weighted by atomic mass is 19.4. The second-order valence-electron chi connectivity index (χ2n) is 5.43. The van der Waals surface area contributed by atoms with Gasteiger partial charge in [-0.2, -0.15) is 22.0 Å². The predicted molar refractivity (Wildman–Crippen MR) is 73.4 cm³/mol. The fourth-order valence-electron chi connectivity index (χ4n) is 2.18. The topological polar surface area (TPSA) is 61.4 Å². The van der Waals surface area contributed by atoms with Gasteiger partial charge in [-0.05, 0) is 31.4 Å². The van der Waals surface area contributed by atoms with Gasteiger partial charge < -0.3 is 15.7 Å². The minimum atomic E-state index is -4.50. The monoisotopic (exact) mass is 338 g/mol. The lowest BCUT2D eigenvalue weighted by Gasteiger charge is -2.41. The summed E-state index contributed by atoms with van der Waals surface area (Å²) in [5.41, 5.74) is -2.76. The fraction of sp³-hybridized carbons (Fsp3) is 0.500. The van der Waals surface area contributed by atoms with E-state index in [1.807, 2.05) is 10.6 Å². The Hall–Kier alpha value is -1.90. The van der Waals surface area contributed by atoms with E-state index in [1.54, 1.807) is 0 Å². The van der Waals surface area contributed by atoms with Gasteiger partial charge in [-0.1, -0.05) is 12.1 Å². The Kier molecular flexibility index (Phi) is 4.52. The van der Waals surface area contributed by atoms with Crippen LogP contribution in [0.1, 0.15) is 19.3 Å². The van der Waals surface area contributed by atoms with Crippen LogP contribution in [-0.2, 0) is 4.79 Å². The minimum absolute atomic E-state index is 0.144. The van der Waals surface area contributed by atoms with Crippen LogP contribution >= 0.6 is 0 Å². The first-order valence-corrected chi connectivity index (χ1v) is 6.86. The highest BCUT2D eigenvalue weighted by Crippen LogP contribution is 2.44. The molecule has 0 aromatic heterocycles. The van der Waals surface area contributed by atoms with Crippen molar-refractivity contribution >= 4 is 17.3 Å². The van der Waals surface area contributed by atoms with Crippen LogP contribution in [0.15, 0.2) is 24.3 Å². The van der Waals surface area contributed by atoms with Gasteiger partial charge in [0.05, 0.1) is 11.4 Å². The molecule has 1 amide bonds. The molecule has 0 saturated heterocycles. The molecule has 128 valence electrons. The molecule has 0 spiro atoms. The van der Waals surface area contributed by atoms with Gasteiger partial charge in [0.2, 0.25) is 0 Å². The number of carbonyl (C=O) groups excluding carboxylic acids is 1. The Bertz CT molecular complexity index is 585. The third-order valence-electron chi connectivity index (χ3n) is 3.70. The van der Waals surface area contributed by atoms with Crippen molar-refractivity contribution in [2.45, 2.75) is 37.0 Å². The molecule has 1 aliphatic carbocycles. The average Bonchev–Trinajstić information content (AvgIpc) is 2.42. The third kappa shape index (κ3) is 3.72. The Labute approximate surface area is 128 Å². The molecule has 0 radical (unpaired) electrons. The van der Waals surface area contributed by atoms with Gasteiger partial charge in [-0.25, -0.2) is 0 Å². The van der Waals surface area contributed by atoms with Crippen molar-refractivity contribution in [2.75, 3.05) is 17.2 Å². The molecule has 4 nitrogen and oxygen atoms in total. The summed E-state index contributed by atoms with van der Waals surface area (Å²) in [5, 5.41) is 13.6. The van der Waals surface area contributed by atoms with E-state index in [2.05, 4.69) is 0 Å². The maximum Gasteiger partial charge on any atom is 0.405 e. The van der Waals surface area contributed by atoms with Crippen LogP contribution in [0.2, 0.25) is 0 Å². The van der Waals surface area contributed by atoms with Gasteiger partial charge in [0.1, 0.15) is 12.1 Å². The van der Waals surface area contributed by atoms with E-state index >= 15 is 0 Å². The fourth-order valence-corrected chi connectivity index (χ4v) is 2.18. The summed E-state index contributed by atoms with van der Waals surface area (Å²) in [6.07, 6.45) is -4.53. The van der Waals surface area contributed by atoms with Crippen LogP contribution in [0.4, 0.5) is 33.3 Å². The summed E-state index contributed by atoms with van der Waals surface area (Å²) >= 11 is 0. The highest BCUT2D eigenvalue weighted by Gasteiger charge is 2.61. The van der Waals surface area contributed by atoms with Crippen molar-refractivity contribution in [3.63, 3.8) is 0 Å². The number of hydrogen-bond donors (Lipinski definition) is 3. The molecule has 0 atom stereocenters. The van der Waals surface area contributed by atoms with Crippen LogP contribution in [0.5, 0.6) is 0 Å². The van der Waals surface area contributed by atoms with E-state index in [4.69, 9.17) is 0 Å². The molecule has 0 heterocycles. The van der Waals surface area contributed by atoms with E-state index < -0.39 is 30.2 Å².